The van der Waals surface area contributed by atoms with Gasteiger partial charge in [-0.1, -0.05) is 29.8 Å². The molecule has 0 spiro atoms. The molecule has 3 rings (SSSR count). The fraction of sp³-hybridized carbons (Fsp3) is 0.200. The Morgan fingerprint density at radius 2 is 1.86 bits per heavy atom. The van der Waals surface area contributed by atoms with E-state index < -0.39 is 28.8 Å². The van der Waals surface area contributed by atoms with Gasteiger partial charge in [-0.15, -0.1) is 0 Å². The number of halogens is 5. The maximum absolute atomic E-state index is 14.5. The minimum Gasteiger partial charge on any atom is -0.381 e. The number of para-hydroxylation sites is 1. The van der Waals surface area contributed by atoms with Gasteiger partial charge in [0, 0.05) is 35.9 Å². The van der Waals surface area contributed by atoms with Gasteiger partial charge in [0.1, 0.15) is 17.2 Å². The second-order valence-corrected chi connectivity index (χ2v) is 6.86. The van der Waals surface area contributed by atoms with E-state index in [1.807, 2.05) is 31.2 Å². The average Bonchev–Trinajstić information content (AvgIpc) is 2.63. The van der Waals surface area contributed by atoms with Gasteiger partial charge in [0.15, 0.2) is 0 Å². The molecule has 1 N–H and O–H groups in total. The number of benzene rings is 2. The van der Waals surface area contributed by atoms with Crippen molar-refractivity contribution in [2.45, 2.75) is 19.6 Å². The van der Waals surface area contributed by atoms with Crippen molar-refractivity contribution in [2.75, 3.05) is 5.32 Å². The standard InChI is InChI=1S/C20H16ClF4N3O/c1-11-5-3-4-6-16(11)26-10-12-7-13(15(22)8-14(12)21)19-17(29)9-18(20(23,24)25)28(2)27-19/h3-9,26H,10H2,1-2H3. The molecule has 1 aromatic heterocycles. The van der Waals surface area contributed by atoms with Crippen molar-refractivity contribution in [1.29, 1.82) is 0 Å². The molecule has 0 fully saturated rings. The Hall–Kier alpha value is -2.87. The Balaban J connectivity index is 2.01. The third kappa shape index (κ3) is 4.42. The van der Waals surface area contributed by atoms with Crippen LogP contribution in [0.2, 0.25) is 5.02 Å². The molecule has 0 saturated carbocycles. The summed E-state index contributed by atoms with van der Waals surface area (Å²) in [6.07, 6.45) is -4.75. The zero-order valence-electron chi connectivity index (χ0n) is 15.4. The minimum absolute atomic E-state index is 0.121. The molecule has 9 heteroatoms. The first kappa shape index (κ1) is 20.9. The van der Waals surface area contributed by atoms with Crippen LogP contribution < -0.4 is 10.7 Å². The van der Waals surface area contributed by atoms with Gasteiger partial charge in [-0.2, -0.15) is 18.3 Å². The normalized spacial score (nSPS) is 11.6. The highest BCUT2D eigenvalue weighted by atomic mass is 35.5. The van der Waals surface area contributed by atoms with Crippen molar-refractivity contribution in [3.05, 3.63) is 80.3 Å². The number of aromatic nitrogens is 2. The zero-order chi connectivity index (χ0) is 21.3. The Bertz CT molecular complexity index is 1130. The van der Waals surface area contributed by atoms with Gasteiger partial charge >= 0.3 is 6.18 Å². The van der Waals surface area contributed by atoms with Gasteiger partial charge in [-0.25, -0.2) is 4.39 Å². The molecule has 0 aliphatic heterocycles. The van der Waals surface area contributed by atoms with E-state index in [-0.39, 0.29) is 17.1 Å². The molecule has 0 aliphatic rings. The van der Waals surface area contributed by atoms with E-state index in [0.717, 1.165) is 24.4 Å². The van der Waals surface area contributed by atoms with Crippen molar-refractivity contribution < 1.29 is 17.6 Å². The van der Waals surface area contributed by atoms with E-state index in [2.05, 4.69) is 10.4 Å². The first-order valence-corrected chi connectivity index (χ1v) is 8.89. The van der Waals surface area contributed by atoms with E-state index in [0.29, 0.717) is 16.3 Å². The highest BCUT2D eigenvalue weighted by Crippen LogP contribution is 2.30. The Kier molecular flexibility index (Phi) is 5.66. The third-order valence-corrected chi connectivity index (χ3v) is 4.75. The second-order valence-electron chi connectivity index (χ2n) is 6.46. The van der Waals surface area contributed by atoms with E-state index in [9.17, 15) is 22.4 Å². The van der Waals surface area contributed by atoms with E-state index in [1.165, 1.54) is 6.07 Å². The summed E-state index contributed by atoms with van der Waals surface area (Å²) in [5.41, 5.74) is -0.592. The number of alkyl halides is 3. The zero-order valence-corrected chi connectivity index (χ0v) is 16.2. The molecule has 0 radical (unpaired) electrons. The Morgan fingerprint density at radius 1 is 1.17 bits per heavy atom. The lowest BCUT2D eigenvalue weighted by molar-refractivity contribution is -0.144. The topological polar surface area (TPSA) is 46.9 Å². The van der Waals surface area contributed by atoms with Gasteiger partial charge in [0.2, 0.25) is 5.43 Å². The molecule has 152 valence electrons. The number of nitrogens with zero attached hydrogens (tertiary/aromatic N) is 2. The van der Waals surface area contributed by atoms with Crippen molar-refractivity contribution in [1.82, 2.24) is 9.78 Å². The van der Waals surface area contributed by atoms with Gasteiger partial charge in [0.25, 0.3) is 0 Å². The molecule has 0 saturated heterocycles. The summed E-state index contributed by atoms with van der Waals surface area (Å²) in [7, 11) is 1.04. The third-order valence-electron chi connectivity index (χ3n) is 4.40. The molecular weight excluding hydrogens is 410 g/mol. The van der Waals surface area contributed by atoms with Crippen LogP contribution in [0.3, 0.4) is 0 Å². The second kappa shape index (κ2) is 7.87. The predicted molar refractivity (Wildman–Crippen MR) is 103 cm³/mol. The van der Waals surface area contributed by atoms with Crippen LogP contribution in [0.25, 0.3) is 11.3 Å². The smallest absolute Gasteiger partial charge is 0.381 e. The maximum atomic E-state index is 14.5. The lowest BCUT2D eigenvalue weighted by atomic mass is 10.1. The molecule has 0 unspecified atom stereocenters. The summed E-state index contributed by atoms with van der Waals surface area (Å²) < 4.78 is 53.8. The summed E-state index contributed by atoms with van der Waals surface area (Å²) in [5, 5.41) is 6.94. The summed E-state index contributed by atoms with van der Waals surface area (Å²) in [5.74, 6) is -0.848. The van der Waals surface area contributed by atoms with Crippen molar-refractivity contribution in [3.8, 4) is 11.3 Å². The number of rotatable bonds is 4. The fourth-order valence-corrected chi connectivity index (χ4v) is 3.08. The van der Waals surface area contributed by atoms with Crippen LogP contribution in [0.5, 0.6) is 0 Å². The summed E-state index contributed by atoms with van der Waals surface area (Å²) >= 11 is 6.12. The number of hydrogen-bond acceptors (Lipinski definition) is 3. The lowest BCUT2D eigenvalue weighted by Gasteiger charge is -2.14. The molecule has 0 aliphatic carbocycles. The van der Waals surface area contributed by atoms with E-state index >= 15 is 0 Å². The molecule has 0 atom stereocenters. The van der Waals surface area contributed by atoms with Gasteiger partial charge in [0.05, 0.1) is 0 Å². The predicted octanol–water partition coefficient (Wildman–Crippen LogP) is 5.18. The van der Waals surface area contributed by atoms with Gasteiger partial charge in [-0.3, -0.25) is 9.48 Å². The van der Waals surface area contributed by atoms with Crippen LogP contribution in [-0.4, -0.2) is 9.78 Å². The van der Waals surface area contributed by atoms with Crippen LogP contribution in [0.1, 0.15) is 16.8 Å². The highest BCUT2D eigenvalue weighted by Gasteiger charge is 2.34. The number of nitrogens with one attached hydrogen (secondary N) is 1. The van der Waals surface area contributed by atoms with Crippen LogP contribution >= 0.6 is 11.6 Å². The van der Waals surface area contributed by atoms with E-state index in [1.54, 1.807) is 0 Å². The Morgan fingerprint density at radius 3 is 2.52 bits per heavy atom. The number of hydrogen-bond donors (Lipinski definition) is 1. The maximum Gasteiger partial charge on any atom is 0.433 e. The molecule has 3 aromatic rings. The summed E-state index contributed by atoms with van der Waals surface area (Å²) in [6, 6.07) is 10.3. The average molecular weight is 426 g/mol. The van der Waals surface area contributed by atoms with Gasteiger partial charge in [-0.05, 0) is 36.2 Å². The first-order chi connectivity index (χ1) is 13.6. The van der Waals surface area contributed by atoms with Crippen LogP contribution in [0.4, 0.5) is 23.2 Å². The molecule has 1 heterocycles. The first-order valence-electron chi connectivity index (χ1n) is 8.51. The monoisotopic (exact) mass is 425 g/mol. The van der Waals surface area contributed by atoms with Crippen molar-refractivity contribution >= 4 is 17.3 Å². The van der Waals surface area contributed by atoms with Crippen molar-refractivity contribution in [2.24, 2.45) is 7.05 Å². The Labute approximate surface area is 168 Å². The molecule has 29 heavy (non-hydrogen) atoms. The molecular formula is C20H16ClF4N3O. The van der Waals surface area contributed by atoms with Crippen LogP contribution in [0.15, 0.2) is 47.3 Å². The molecule has 0 bridgehead atoms. The molecule has 4 nitrogen and oxygen atoms in total. The van der Waals surface area contributed by atoms with Crippen LogP contribution in [-0.2, 0) is 19.8 Å². The summed E-state index contributed by atoms with van der Waals surface area (Å²) in [4.78, 5) is 12.2. The van der Waals surface area contributed by atoms with E-state index in [4.69, 9.17) is 11.6 Å². The quantitative estimate of drug-likeness (QED) is 0.586. The largest absolute Gasteiger partial charge is 0.433 e. The summed E-state index contributed by atoms with van der Waals surface area (Å²) in [6.45, 7) is 2.13. The minimum atomic E-state index is -4.75. The SMILES string of the molecule is Cc1ccccc1NCc1cc(-c2nn(C)c(C(F)(F)F)cc2=O)c(F)cc1Cl. The molecule has 2 aromatic carbocycles. The number of aryl methyl sites for hydroxylation is 2. The highest BCUT2D eigenvalue weighted by molar-refractivity contribution is 6.31. The van der Waals surface area contributed by atoms with Crippen LogP contribution in [0, 0.1) is 12.7 Å². The van der Waals surface area contributed by atoms with Crippen molar-refractivity contribution in [3.63, 3.8) is 0 Å². The fourth-order valence-electron chi connectivity index (χ4n) is 2.86. The lowest BCUT2D eigenvalue weighted by Crippen LogP contribution is -2.23. The molecule has 0 amide bonds. The van der Waals surface area contributed by atoms with Gasteiger partial charge < -0.3 is 5.32 Å². The number of anilines is 1.